The summed E-state index contributed by atoms with van der Waals surface area (Å²) in [6.07, 6.45) is 3.51. The standard InChI is InChI=1S/C13H19NO2/c1-16-13-3-2-11(9-12(13)15)8-10-4-6-14-7-5-10/h2-3,9-10,14-15H,4-8H2,1H3. The number of rotatable bonds is 3. The SMILES string of the molecule is COc1ccc(CC2CCNCC2)cc1O. The van der Waals surface area contributed by atoms with E-state index in [-0.39, 0.29) is 5.75 Å². The van der Waals surface area contributed by atoms with Crippen LogP contribution >= 0.6 is 0 Å². The molecule has 2 rings (SSSR count). The third kappa shape index (κ3) is 2.67. The van der Waals surface area contributed by atoms with Gasteiger partial charge < -0.3 is 15.2 Å². The smallest absolute Gasteiger partial charge is 0.160 e. The number of hydrogen-bond acceptors (Lipinski definition) is 3. The molecule has 1 aromatic carbocycles. The lowest BCUT2D eigenvalue weighted by molar-refractivity contribution is 0.365. The van der Waals surface area contributed by atoms with Gasteiger partial charge >= 0.3 is 0 Å². The van der Waals surface area contributed by atoms with Gasteiger partial charge in [0.25, 0.3) is 0 Å². The molecule has 0 bridgehead atoms. The summed E-state index contributed by atoms with van der Waals surface area (Å²) in [6.45, 7) is 2.24. The van der Waals surface area contributed by atoms with Crippen LogP contribution in [0.5, 0.6) is 11.5 Å². The van der Waals surface area contributed by atoms with E-state index in [0.717, 1.165) is 25.4 Å². The van der Waals surface area contributed by atoms with Crippen molar-refractivity contribution >= 4 is 0 Å². The minimum atomic E-state index is 0.244. The zero-order chi connectivity index (χ0) is 11.4. The Balaban J connectivity index is 2.01. The Bertz CT molecular complexity index is 346. The maximum Gasteiger partial charge on any atom is 0.160 e. The van der Waals surface area contributed by atoms with Gasteiger partial charge in [-0.25, -0.2) is 0 Å². The molecule has 1 heterocycles. The minimum Gasteiger partial charge on any atom is -0.504 e. The fourth-order valence-corrected chi connectivity index (χ4v) is 2.28. The maximum absolute atomic E-state index is 9.68. The van der Waals surface area contributed by atoms with Gasteiger partial charge in [0.15, 0.2) is 11.5 Å². The van der Waals surface area contributed by atoms with Crippen LogP contribution in [0.15, 0.2) is 18.2 Å². The molecule has 1 aliphatic heterocycles. The van der Waals surface area contributed by atoms with Crippen LogP contribution in [0, 0.1) is 5.92 Å². The molecule has 0 radical (unpaired) electrons. The van der Waals surface area contributed by atoms with Crippen LogP contribution in [0.3, 0.4) is 0 Å². The van der Waals surface area contributed by atoms with Crippen LogP contribution in [0.4, 0.5) is 0 Å². The molecule has 1 aromatic rings. The number of phenols is 1. The summed E-state index contributed by atoms with van der Waals surface area (Å²) in [6, 6.07) is 5.70. The second-order valence-corrected chi connectivity index (χ2v) is 4.40. The van der Waals surface area contributed by atoms with Gasteiger partial charge in [0.05, 0.1) is 7.11 Å². The average Bonchev–Trinajstić information content (AvgIpc) is 2.31. The quantitative estimate of drug-likeness (QED) is 0.819. The van der Waals surface area contributed by atoms with Gasteiger partial charge in [-0.05, 0) is 56.0 Å². The Morgan fingerprint density at radius 2 is 2.12 bits per heavy atom. The molecular formula is C13H19NO2. The van der Waals surface area contributed by atoms with Crippen LogP contribution in [-0.2, 0) is 6.42 Å². The molecule has 1 saturated heterocycles. The average molecular weight is 221 g/mol. The summed E-state index contributed by atoms with van der Waals surface area (Å²) < 4.78 is 5.03. The molecule has 3 nitrogen and oxygen atoms in total. The van der Waals surface area contributed by atoms with Crippen LogP contribution in [0.1, 0.15) is 18.4 Å². The molecule has 3 heteroatoms. The van der Waals surface area contributed by atoms with Crippen LogP contribution in [0.2, 0.25) is 0 Å². The minimum absolute atomic E-state index is 0.244. The molecule has 0 aliphatic carbocycles. The Labute approximate surface area is 96.4 Å². The summed E-state index contributed by atoms with van der Waals surface area (Å²) in [4.78, 5) is 0. The molecular weight excluding hydrogens is 202 g/mol. The van der Waals surface area contributed by atoms with Crippen molar-refractivity contribution in [3.05, 3.63) is 23.8 Å². The van der Waals surface area contributed by atoms with Crippen molar-refractivity contribution < 1.29 is 9.84 Å². The van der Waals surface area contributed by atoms with Crippen LogP contribution in [0.25, 0.3) is 0 Å². The van der Waals surface area contributed by atoms with E-state index in [9.17, 15) is 5.11 Å². The third-order valence-corrected chi connectivity index (χ3v) is 3.23. The van der Waals surface area contributed by atoms with E-state index >= 15 is 0 Å². The molecule has 1 aliphatic rings. The number of phenolic OH excluding ortho intramolecular Hbond substituents is 1. The number of hydrogen-bond donors (Lipinski definition) is 2. The van der Waals surface area contributed by atoms with Crippen LogP contribution in [-0.4, -0.2) is 25.3 Å². The lowest BCUT2D eigenvalue weighted by atomic mass is 9.91. The zero-order valence-electron chi connectivity index (χ0n) is 9.70. The molecule has 88 valence electrons. The maximum atomic E-state index is 9.68. The third-order valence-electron chi connectivity index (χ3n) is 3.23. The van der Waals surface area contributed by atoms with E-state index < -0.39 is 0 Å². The Morgan fingerprint density at radius 3 is 2.75 bits per heavy atom. The number of piperidine rings is 1. The summed E-state index contributed by atoms with van der Waals surface area (Å²) in [5.41, 5.74) is 1.20. The zero-order valence-corrected chi connectivity index (χ0v) is 9.70. The predicted octanol–water partition coefficient (Wildman–Crippen LogP) is 1.94. The first-order chi connectivity index (χ1) is 7.79. The van der Waals surface area contributed by atoms with Gasteiger partial charge in [0, 0.05) is 0 Å². The Kier molecular flexibility index (Phi) is 3.67. The van der Waals surface area contributed by atoms with Crippen molar-refractivity contribution in [2.75, 3.05) is 20.2 Å². The number of benzene rings is 1. The fourth-order valence-electron chi connectivity index (χ4n) is 2.28. The number of ether oxygens (including phenoxy) is 1. The van der Waals surface area contributed by atoms with Crippen molar-refractivity contribution in [1.82, 2.24) is 5.32 Å². The van der Waals surface area contributed by atoms with Gasteiger partial charge in [0.2, 0.25) is 0 Å². The van der Waals surface area contributed by atoms with Crippen molar-refractivity contribution in [3.63, 3.8) is 0 Å². The highest BCUT2D eigenvalue weighted by Crippen LogP contribution is 2.28. The van der Waals surface area contributed by atoms with Crippen molar-refractivity contribution in [2.24, 2.45) is 5.92 Å². The van der Waals surface area contributed by atoms with E-state index in [0.29, 0.717) is 5.75 Å². The lowest BCUT2D eigenvalue weighted by Crippen LogP contribution is -2.28. The molecule has 0 saturated carbocycles. The van der Waals surface area contributed by atoms with E-state index in [1.54, 1.807) is 7.11 Å². The van der Waals surface area contributed by atoms with Gasteiger partial charge in [-0.2, -0.15) is 0 Å². The fraction of sp³-hybridized carbons (Fsp3) is 0.538. The summed E-state index contributed by atoms with van der Waals surface area (Å²) in [5, 5.41) is 13.0. The molecule has 0 amide bonds. The summed E-state index contributed by atoms with van der Waals surface area (Å²) in [5.74, 6) is 1.54. The van der Waals surface area contributed by atoms with Gasteiger partial charge in [0.1, 0.15) is 0 Å². The first-order valence-electron chi connectivity index (χ1n) is 5.86. The van der Waals surface area contributed by atoms with E-state index in [2.05, 4.69) is 5.32 Å². The second kappa shape index (κ2) is 5.21. The Morgan fingerprint density at radius 1 is 1.38 bits per heavy atom. The first kappa shape index (κ1) is 11.3. The predicted molar refractivity (Wildman–Crippen MR) is 64.0 cm³/mol. The Hall–Kier alpha value is -1.22. The molecule has 16 heavy (non-hydrogen) atoms. The number of methoxy groups -OCH3 is 1. The molecule has 0 atom stereocenters. The highest BCUT2D eigenvalue weighted by Gasteiger charge is 2.14. The molecule has 0 spiro atoms. The van der Waals surface area contributed by atoms with Crippen molar-refractivity contribution in [1.29, 1.82) is 0 Å². The van der Waals surface area contributed by atoms with E-state index in [1.807, 2.05) is 18.2 Å². The summed E-state index contributed by atoms with van der Waals surface area (Å²) >= 11 is 0. The molecule has 0 aromatic heterocycles. The summed E-state index contributed by atoms with van der Waals surface area (Å²) in [7, 11) is 1.57. The van der Waals surface area contributed by atoms with E-state index in [1.165, 1.54) is 18.4 Å². The van der Waals surface area contributed by atoms with E-state index in [4.69, 9.17) is 4.74 Å². The highest BCUT2D eigenvalue weighted by molar-refractivity contribution is 5.41. The van der Waals surface area contributed by atoms with Gasteiger partial charge in [-0.3, -0.25) is 0 Å². The van der Waals surface area contributed by atoms with Gasteiger partial charge in [-0.15, -0.1) is 0 Å². The number of nitrogens with one attached hydrogen (secondary N) is 1. The molecule has 2 N–H and O–H groups in total. The normalized spacial score (nSPS) is 17.3. The highest BCUT2D eigenvalue weighted by atomic mass is 16.5. The first-order valence-corrected chi connectivity index (χ1v) is 5.86. The largest absolute Gasteiger partial charge is 0.504 e. The lowest BCUT2D eigenvalue weighted by Gasteiger charge is -2.22. The molecule has 0 unspecified atom stereocenters. The topological polar surface area (TPSA) is 41.5 Å². The monoisotopic (exact) mass is 221 g/mol. The second-order valence-electron chi connectivity index (χ2n) is 4.40. The molecule has 1 fully saturated rings. The van der Waals surface area contributed by atoms with Crippen molar-refractivity contribution in [3.8, 4) is 11.5 Å². The van der Waals surface area contributed by atoms with Crippen molar-refractivity contribution in [2.45, 2.75) is 19.3 Å². The number of aromatic hydroxyl groups is 1. The van der Waals surface area contributed by atoms with Gasteiger partial charge in [-0.1, -0.05) is 6.07 Å². The van der Waals surface area contributed by atoms with Crippen LogP contribution < -0.4 is 10.1 Å².